The lowest BCUT2D eigenvalue weighted by Crippen LogP contribution is -2.51. The van der Waals surface area contributed by atoms with Crippen LogP contribution in [0.4, 0.5) is 0 Å². The molecule has 0 radical (unpaired) electrons. The number of nitrogens with one attached hydrogen (secondary N) is 2. The molecule has 2 N–H and O–H groups in total. The molecule has 0 bridgehead atoms. The van der Waals surface area contributed by atoms with Crippen molar-refractivity contribution in [1.82, 2.24) is 20.4 Å². The Bertz CT molecular complexity index is 677. The number of hydrogen-bond donors (Lipinski definition) is 2. The number of furan rings is 1. The normalized spacial score (nSPS) is 24.5. The highest BCUT2D eigenvalue weighted by Gasteiger charge is 2.33. The summed E-state index contributed by atoms with van der Waals surface area (Å²) in [5.74, 6) is 1.13. The Balaban J connectivity index is 1.36. The summed E-state index contributed by atoms with van der Waals surface area (Å²) in [4.78, 5) is 15.0. The van der Waals surface area contributed by atoms with Crippen molar-refractivity contribution in [2.24, 2.45) is 5.92 Å². The summed E-state index contributed by atoms with van der Waals surface area (Å²) in [6.45, 7) is 3.19. The lowest BCUT2D eigenvalue weighted by Gasteiger charge is -2.44. The van der Waals surface area contributed by atoms with E-state index in [0.717, 1.165) is 12.2 Å². The number of piperidine rings is 2. The molecule has 4 heterocycles. The van der Waals surface area contributed by atoms with Gasteiger partial charge in [-0.25, -0.2) is 0 Å². The largest absolute Gasteiger partial charge is 0.463 e. The molecule has 2 saturated heterocycles. The van der Waals surface area contributed by atoms with Crippen LogP contribution >= 0.6 is 0 Å². The molecule has 24 heavy (non-hydrogen) atoms. The zero-order chi connectivity index (χ0) is 16.4. The number of carbonyl (C=O) groups is 1. The number of fused-ring (bicyclic) bond motifs is 1. The van der Waals surface area contributed by atoms with E-state index in [4.69, 9.17) is 4.42 Å². The fourth-order valence-electron chi connectivity index (χ4n) is 4.13. The van der Waals surface area contributed by atoms with Gasteiger partial charge in [-0.05, 0) is 56.8 Å². The summed E-state index contributed by atoms with van der Waals surface area (Å²) < 4.78 is 5.32. The van der Waals surface area contributed by atoms with Crippen molar-refractivity contribution in [1.29, 1.82) is 0 Å². The first-order valence-corrected chi connectivity index (χ1v) is 8.93. The van der Waals surface area contributed by atoms with Gasteiger partial charge in [-0.15, -0.1) is 0 Å². The highest BCUT2D eigenvalue weighted by molar-refractivity contribution is 5.93. The standard InChI is InChI=1S/C18H24N4O2/c23-18(15-11-14(20-21-15)17-7-4-10-24-17)19-12-13-5-3-9-22-8-2-1-6-16(13)22/h4,7,10-11,13,16H,1-3,5-6,8-9,12H2,(H,19,23)(H,20,21). The minimum absolute atomic E-state index is 0.114. The van der Waals surface area contributed by atoms with Crippen molar-refractivity contribution < 1.29 is 9.21 Å². The first kappa shape index (κ1) is 15.4. The number of H-pyrrole nitrogens is 1. The Kier molecular flexibility index (Phi) is 4.38. The lowest BCUT2D eigenvalue weighted by atomic mass is 9.83. The lowest BCUT2D eigenvalue weighted by molar-refractivity contribution is 0.0575. The van der Waals surface area contributed by atoms with Crippen LogP contribution in [0.1, 0.15) is 42.6 Å². The van der Waals surface area contributed by atoms with Crippen LogP contribution in [0.25, 0.3) is 11.5 Å². The number of aromatic nitrogens is 2. The van der Waals surface area contributed by atoms with Gasteiger partial charge in [-0.1, -0.05) is 6.42 Å². The van der Waals surface area contributed by atoms with E-state index in [1.165, 1.54) is 45.2 Å². The maximum Gasteiger partial charge on any atom is 0.271 e. The molecule has 2 unspecified atom stereocenters. The van der Waals surface area contributed by atoms with Crippen LogP contribution in [-0.4, -0.2) is 46.7 Å². The third kappa shape index (κ3) is 3.11. The number of hydrogen-bond acceptors (Lipinski definition) is 4. The van der Waals surface area contributed by atoms with Gasteiger partial charge in [0, 0.05) is 18.7 Å². The summed E-state index contributed by atoms with van der Waals surface area (Å²) in [5, 5.41) is 10.1. The molecule has 2 aliphatic heterocycles. The molecule has 128 valence electrons. The van der Waals surface area contributed by atoms with Crippen LogP contribution in [-0.2, 0) is 0 Å². The Labute approximate surface area is 141 Å². The van der Waals surface area contributed by atoms with Gasteiger partial charge < -0.3 is 14.6 Å². The second kappa shape index (κ2) is 6.81. The van der Waals surface area contributed by atoms with Crippen molar-refractivity contribution in [2.45, 2.75) is 38.1 Å². The number of rotatable bonds is 4. The third-order valence-electron chi connectivity index (χ3n) is 5.35. The molecule has 2 aromatic rings. The van der Waals surface area contributed by atoms with Crippen molar-refractivity contribution >= 4 is 5.91 Å². The zero-order valence-electron chi connectivity index (χ0n) is 13.8. The quantitative estimate of drug-likeness (QED) is 0.905. The van der Waals surface area contributed by atoms with Gasteiger partial charge in [0.15, 0.2) is 11.5 Å². The van der Waals surface area contributed by atoms with Gasteiger partial charge in [0.05, 0.1) is 6.26 Å². The Hall–Kier alpha value is -2.08. The minimum atomic E-state index is -0.114. The highest BCUT2D eigenvalue weighted by Crippen LogP contribution is 2.30. The molecular weight excluding hydrogens is 304 g/mol. The summed E-state index contributed by atoms with van der Waals surface area (Å²) >= 11 is 0. The number of aromatic amines is 1. The van der Waals surface area contributed by atoms with Crippen molar-refractivity contribution in [3.8, 4) is 11.5 Å². The second-order valence-corrected chi connectivity index (χ2v) is 6.86. The van der Waals surface area contributed by atoms with Gasteiger partial charge in [-0.2, -0.15) is 5.10 Å². The molecule has 4 rings (SSSR count). The van der Waals surface area contributed by atoms with Gasteiger partial charge in [-0.3, -0.25) is 9.89 Å². The van der Waals surface area contributed by atoms with Gasteiger partial charge in [0.25, 0.3) is 5.91 Å². The molecule has 1 amide bonds. The van der Waals surface area contributed by atoms with Crippen molar-refractivity contribution in [3.63, 3.8) is 0 Å². The fourth-order valence-corrected chi connectivity index (χ4v) is 4.13. The highest BCUT2D eigenvalue weighted by atomic mass is 16.3. The monoisotopic (exact) mass is 328 g/mol. The second-order valence-electron chi connectivity index (χ2n) is 6.86. The number of carbonyl (C=O) groups excluding carboxylic acids is 1. The molecule has 6 heteroatoms. The molecule has 2 fully saturated rings. The molecule has 2 aliphatic rings. The first-order chi connectivity index (χ1) is 11.8. The van der Waals surface area contributed by atoms with E-state index in [1.807, 2.05) is 12.1 Å². The summed E-state index contributed by atoms with van der Waals surface area (Å²) in [7, 11) is 0. The van der Waals surface area contributed by atoms with E-state index in [0.29, 0.717) is 23.4 Å². The summed E-state index contributed by atoms with van der Waals surface area (Å²) in [5.41, 5.74) is 1.14. The van der Waals surface area contributed by atoms with E-state index in [-0.39, 0.29) is 5.91 Å². The van der Waals surface area contributed by atoms with Crippen LogP contribution < -0.4 is 5.32 Å². The van der Waals surface area contributed by atoms with E-state index < -0.39 is 0 Å². The van der Waals surface area contributed by atoms with Gasteiger partial charge in [0.1, 0.15) is 5.69 Å². The van der Waals surface area contributed by atoms with Crippen LogP contribution in [0.15, 0.2) is 28.9 Å². The third-order valence-corrected chi connectivity index (χ3v) is 5.35. The molecule has 2 atom stereocenters. The first-order valence-electron chi connectivity index (χ1n) is 8.93. The average Bonchev–Trinajstić information content (AvgIpc) is 3.30. The van der Waals surface area contributed by atoms with Crippen LogP contribution in [0, 0.1) is 5.92 Å². The van der Waals surface area contributed by atoms with E-state index >= 15 is 0 Å². The van der Waals surface area contributed by atoms with Crippen molar-refractivity contribution in [2.75, 3.05) is 19.6 Å². The van der Waals surface area contributed by atoms with Crippen molar-refractivity contribution in [3.05, 3.63) is 30.2 Å². The number of amides is 1. The van der Waals surface area contributed by atoms with E-state index in [1.54, 1.807) is 12.3 Å². The molecule has 0 saturated carbocycles. The number of nitrogens with zero attached hydrogens (tertiary/aromatic N) is 2. The summed E-state index contributed by atoms with van der Waals surface area (Å²) in [6, 6.07) is 6.04. The predicted molar refractivity (Wildman–Crippen MR) is 90.6 cm³/mol. The van der Waals surface area contributed by atoms with E-state index in [2.05, 4.69) is 20.4 Å². The predicted octanol–water partition coefficient (Wildman–Crippen LogP) is 2.66. The molecule has 0 spiro atoms. The molecule has 0 aliphatic carbocycles. The van der Waals surface area contributed by atoms with Gasteiger partial charge >= 0.3 is 0 Å². The Morgan fingerprint density at radius 1 is 1.33 bits per heavy atom. The van der Waals surface area contributed by atoms with Gasteiger partial charge in [0.2, 0.25) is 0 Å². The molecule has 0 aromatic carbocycles. The molecular formula is C18H24N4O2. The fraction of sp³-hybridized carbons (Fsp3) is 0.556. The van der Waals surface area contributed by atoms with Crippen LogP contribution in [0.5, 0.6) is 0 Å². The maximum atomic E-state index is 12.4. The minimum Gasteiger partial charge on any atom is -0.463 e. The smallest absolute Gasteiger partial charge is 0.271 e. The Morgan fingerprint density at radius 3 is 3.12 bits per heavy atom. The molecule has 2 aromatic heterocycles. The van der Waals surface area contributed by atoms with Crippen LogP contribution in [0.3, 0.4) is 0 Å². The maximum absolute atomic E-state index is 12.4. The SMILES string of the molecule is O=C(NCC1CCCN2CCCCC12)c1cc(-c2ccco2)[nH]n1. The summed E-state index contributed by atoms with van der Waals surface area (Å²) in [6.07, 6.45) is 7.96. The topological polar surface area (TPSA) is 74.2 Å². The average molecular weight is 328 g/mol. The van der Waals surface area contributed by atoms with E-state index in [9.17, 15) is 4.79 Å². The van der Waals surface area contributed by atoms with Crippen LogP contribution in [0.2, 0.25) is 0 Å². The molecule has 6 nitrogen and oxygen atoms in total. The zero-order valence-corrected chi connectivity index (χ0v) is 13.8. The Morgan fingerprint density at radius 2 is 2.25 bits per heavy atom.